The Hall–Kier alpha value is -0.570. The van der Waals surface area contributed by atoms with Crippen LogP contribution in [-0.2, 0) is 0 Å². The van der Waals surface area contributed by atoms with E-state index in [1.807, 2.05) is 19.1 Å². The van der Waals surface area contributed by atoms with E-state index in [2.05, 4.69) is 24.4 Å². The molecule has 19 heavy (non-hydrogen) atoms. The van der Waals surface area contributed by atoms with Crippen LogP contribution in [0, 0.1) is 0 Å². The Morgan fingerprint density at radius 3 is 2.53 bits per heavy atom. The Kier molecular flexibility index (Phi) is 4.88. The minimum Gasteiger partial charge on any atom is -0.389 e. The van der Waals surface area contributed by atoms with E-state index in [0.717, 1.165) is 30.7 Å². The third kappa shape index (κ3) is 4.20. The van der Waals surface area contributed by atoms with Crippen LogP contribution in [0.4, 0.5) is 0 Å². The van der Waals surface area contributed by atoms with Crippen molar-refractivity contribution in [2.75, 3.05) is 6.54 Å². The second kappa shape index (κ2) is 6.25. The molecular formula is C16H24ClNO. The predicted octanol–water partition coefficient (Wildman–Crippen LogP) is 3.73. The number of nitrogens with one attached hydrogen (secondary N) is 1. The standard InChI is InChI=1S/C16H24ClNO/c1-3-8-16(2,19)11-18-15-9-13(10-15)12-4-6-14(17)7-5-12/h4-7,13,15,18-19H,3,8-11H2,1-2H3. The van der Waals surface area contributed by atoms with Crippen LogP contribution in [0.15, 0.2) is 24.3 Å². The van der Waals surface area contributed by atoms with Crippen LogP contribution in [0.1, 0.15) is 51.0 Å². The van der Waals surface area contributed by atoms with E-state index in [0.29, 0.717) is 18.5 Å². The van der Waals surface area contributed by atoms with Gasteiger partial charge < -0.3 is 10.4 Å². The van der Waals surface area contributed by atoms with Crippen molar-refractivity contribution in [3.8, 4) is 0 Å². The first-order valence-electron chi connectivity index (χ1n) is 7.21. The number of benzene rings is 1. The smallest absolute Gasteiger partial charge is 0.0743 e. The van der Waals surface area contributed by atoms with Crippen molar-refractivity contribution >= 4 is 11.6 Å². The van der Waals surface area contributed by atoms with Gasteiger partial charge in [0.15, 0.2) is 0 Å². The van der Waals surface area contributed by atoms with Gasteiger partial charge in [0.2, 0.25) is 0 Å². The summed E-state index contributed by atoms with van der Waals surface area (Å²) in [7, 11) is 0. The molecule has 3 heteroatoms. The van der Waals surface area contributed by atoms with Crippen molar-refractivity contribution in [2.45, 2.75) is 57.1 Å². The van der Waals surface area contributed by atoms with Crippen LogP contribution >= 0.6 is 11.6 Å². The highest BCUT2D eigenvalue weighted by atomic mass is 35.5. The molecule has 0 aliphatic heterocycles. The van der Waals surface area contributed by atoms with Gasteiger partial charge in [-0.2, -0.15) is 0 Å². The molecule has 1 atom stereocenters. The summed E-state index contributed by atoms with van der Waals surface area (Å²) in [6.45, 7) is 4.71. The van der Waals surface area contributed by atoms with E-state index in [9.17, 15) is 5.11 Å². The van der Waals surface area contributed by atoms with E-state index >= 15 is 0 Å². The summed E-state index contributed by atoms with van der Waals surface area (Å²) in [5.41, 5.74) is 0.808. The molecule has 1 aliphatic rings. The lowest BCUT2D eigenvalue weighted by molar-refractivity contribution is 0.0428. The van der Waals surface area contributed by atoms with Crippen LogP contribution < -0.4 is 5.32 Å². The highest BCUT2D eigenvalue weighted by Crippen LogP contribution is 2.37. The first kappa shape index (κ1) is 14.8. The zero-order valence-electron chi connectivity index (χ0n) is 11.8. The molecule has 1 aromatic rings. The van der Waals surface area contributed by atoms with E-state index in [1.165, 1.54) is 5.56 Å². The minimum absolute atomic E-state index is 0.545. The average molecular weight is 282 g/mol. The first-order valence-corrected chi connectivity index (χ1v) is 7.59. The minimum atomic E-state index is -0.569. The number of aliphatic hydroxyl groups is 1. The number of halogens is 1. The van der Waals surface area contributed by atoms with Gasteiger partial charge in [0, 0.05) is 17.6 Å². The van der Waals surface area contributed by atoms with Crippen molar-refractivity contribution in [3.63, 3.8) is 0 Å². The van der Waals surface area contributed by atoms with E-state index in [4.69, 9.17) is 11.6 Å². The normalized spacial score (nSPS) is 25.7. The Morgan fingerprint density at radius 2 is 1.95 bits per heavy atom. The summed E-state index contributed by atoms with van der Waals surface area (Å²) >= 11 is 5.90. The highest BCUT2D eigenvalue weighted by molar-refractivity contribution is 6.30. The lowest BCUT2D eigenvalue weighted by atomic mass is 9.75. The zero-order chi connectivity index (χ0) is 13.9. The van der Waals surface area contributed by atoms with Crippen LogP contribution in [0.5, 0.6) is 0 Å². The third-order valence-corrected chi connectivity index (χ3v) is 4.29. The summed E-state index contributed by atoms with van der Waals surface area (Å²) in [6.07, 6.45) is 4.19. The van der Waals surface area contributed by atoms with Crippen LogP contribution in [0.2, 0.25) is 5.02 Å². The van der Waals surface area contributed by atoms with Gasteiger partial charge in [-0.1, -0.05) is 37.1 Å². The Labute approximate surface area is 121 Å². The molecule has 0 amide bonds. The second-order valence-corrected chi connectivity index (χ2v) is 6.48. The molecule has 1 unspecified atom stereocenters. The van der Waals surface area contributed by atoms with Gasteiger partial charge in [0.25, 0.3) is 0 Å². The lowest BCUT2D eigenvalue weighted by Crippen LogP contribution is -2.47. The summed E-state index contributed by atoms with van der Waals surface area (Å²) < 4.78 is 0. The van der Waals surface area contributed by atoms with Crippen molar-refractivity contribution in [2.24, 2.45) is 0 Å². The monoisotopic (exact) mass is 281 g/mol. The molecule has 106 valence electrons. The highest BCUT2D eigenvalue weighted by Gasteiger charge is 2.31. The molecule has 1 aromatic carbocycles. The Morgan fingerprint density at radius 1 is 1.32 bits per heavy atom. The van der Waals surface area contributed by atoms with Crippen molar-refractivity contribution in [1.29, 1.82) is 0 Å². The second-order valence-electron chi connectivity index (χ2n) is 6.04. The van der Waals surface area contributed by atoms with Crippen molar-refractivity contribution in [1.82, 2.24) is 5.32 Å². The predicted molar refractivity (Wildman–Crippen MR) is 80.7 cm³/mol. The Bertz CT molecular complexity index is 396. The molecule has 2 nitrogen and oxygen atoms in total. The maximum absolute atomic E-state index is 10.1. The fourth-order valence-electron chi connectivity index (χ4n) is 2.78. The zero-order valence-corrected chi connectivity index (χ0v) is 12.6. The van der Waals surface area contributed by atoms with Gasteiger partial charge in [0.1, 0.15) is 0 Å². The maximum Gasteiger partial charge on any atom is 0.0743 e. The summed E-state index contributed by atoms with van der Waals surface area (Å²) in [5, 5.41) is 14.4. The molecule has 2 N–H and O–H groups in total. The molecule has 0 radical (unpaired) electrons. The average Bonchev–Trinajstić information content (AvgIpc) is 2.29. The van der Waals surface area contributed by atoms with E-state index in [-0.39, 0.29) is 0 Å². The van der Waals surface area contributed by atoms with Gasteiger partial charge in [-0.3, -0.25) is 0 Å². The molecule has 0 aromatic heterocycles. The number of rotatable bonds is 6. The molecule has 0 saturated heterocycles. The van der Waals surface area contributed by atoms with Crippen molar-refractivity contribution in [3.05, 3.63) is 34.9 Å². The largest absolute Gasteiger partial charge is 0.389 e. The van der Waals surface area contributed by atoms with Crippen molar-refractivity contribution < 1.29 is 5.11 Å². The molecule has 1 saturated carbocycles. The van der Waals surface area contributed by atoms with Crippen LogP contribution in [0.25, 0.3) is 0 Å². The van der Waals surface area contributed by atoms with Gasteiger partial charge in [-0.15, -0.1) is 0 Å². The summed E-state index contributed by atoms with van der Waals surface area (Å²) in [6, 6.07) is 8.71. The first-order chi connectivity index (χ1) is 9.00. The summed E-state index contributed by atoms with van der Waals surface area (Å²) in [5.74, 6) is 0.644. The summed E-state index contributed by atoms with van der Waals surface area (Å²) in [4.78, 5) is 0. The Balaban J connectivity index is 1.73. The molecule has 0 bridgehead atoms. The van der Waals surface area contributed by atoms with E-state index in [1.54, 1.807) is 0 Å². The SMILES string of the molecule is CCCC(C)(O)CNC1CC(c2ccc(Cl)cc2)C1. The molecule has 0 heterocycles. The topological polar surface area (TPSA) is 32.3 Å². The van der Waals surface area contributed by atoms with E-state index < -0.39 is 5.60 Å². The molecular weight excluding hydrogens is 258 g/mol. The fourth-order valence-corrected chi connectivity index (χ4v) is 2.91. The third-order valence-electron chi connectivity index (χ3n) is 4.04. The number of hydrogen-bond donors (Lipinski definition) is 2. The van der Waals surface area contributed by atoms with Crippen LogP contribution in [-0.4, -0.2) is 23.3 Å². The van der Waals surface area contributed by atoms with Gasteiger partial charge in [-0.05, 0) is 49.8 Å². The number of hydrogen-bond acceptors (Lipinski definition) is 2. The van der Waals surface area contributed by atoms with Gasteiger partial charge in [-0.25, -0.2) is 0 Å². The molecule has 1 fully saturated rings. The molecule has 2 rings (SSSR count). The molecule has 0 spiro atoms. The quantitative estimate of drug-likeness (QED) is 0.833. The van der Waals surface area contributed by atoms with Gasteiger partial charge >= 0.3 is 0 Å². The maximum atomic E-state index is 10.1. The van der Waals surface area contributed by atoms with Gasteiger partial charge in [0.05, 0.1) is 5.60 Å². The van der Waals surface area contributed by atoms with Crippen LogP contribution in [0.3, 0.4) is 0 Å². The molecule has 1 aliphatic carbocycles. The fraction of sp³-hybridized carbons (Fsp3) is 0.625. The lowest BCUT2D eigenvalue weighted by Gasteiger charge is -2.38.